The van der Waals surface area contributed by atoms with Crippen LogP contribution in [0, 0.1) is 12.7 Å². The van der Waals surface area contributed by atoms with Gasteiger partial charge in [-0.2, -0.15) is 0 Å². The molecule has 8 heteroatoms. The van der Waals surface area contributed by atoms with Gasteiger partial charge < -0.3 is 19.4 Å². The fourth-order valence-corrected chi connectivity index (χ4v) is 4.77. The summed E-state index contributed by atoms with van der Waals surface area (Å²) in [6, 6.07) is 16.5. The molecular weight excluding hydrogens is 445 g/mol. The summed E-state index contributed by atoms with van der Waals surface area (Å²) >= 11 is 0. The minimum Gasteiger partial charge on any atom is -0.469 e. The Labute approximate surface area is 204 Å². The highest BCUT2D eigenvalue weighted by molar-refractivity contribution is 6.01. The number of nitrogens with zero attached hydrogens (tertiary/aromatic N) is 5. The standard InChI is InChI=1S/C27H28FN5O2/c1-19-4-3-5-22(16-19)33-25(17-26(34)35-2)23-10-11-29-18-24(23)30-27(33)32-14-12-31(13-15-32)21-8-6-20(28)7-9-21/h3-11,16,18,25H,12-15,17H2,1-2H3. The zero-order valence-corrected chi connectivity index (χ0v) is 19.9. The van der Waals surface area contributed by atoms with Gasteiger partial charge in [-0.25, -0.2) is 9.38 Å². The van der Waals surface area contributed by atoms with Crippen molar-refractivity contribution in [1.82, 2.24) is 9.88 Å². The Morgan fingerprint density at radius 1 is 1.03 bits per heavy atom. The number of piperazine rings is 1. The Morgan fingerprint density at radius 3 is 2.49 bits per heavy atom. The molecular formula is C27H28FN5O2. The van der Waals surface area contributed by atoms with E-state index in [1.807, 2.05) is 30.3 Å². The average molecular weight is 474 g/mol. The maximum absolute atomic E-state index is 13.4. The van der Waals surface area contributed by atoms with Gasteiger partial charge in [0, 0.05) is 49.3 Å². The molecule has 1 atom stereocenters. The minimum atomic E-state index is -0.280. The van der Waals surface area contributed by atoms with Crippen LogP contribution in [-0.4, -0.2) is 55.1 Å². The van der Waals surface area contributed by atoms with Crippen LogP contribution in [0.15, 0.2) is 72.0 Å². The van der Waals surface area contributed by atoms with E-state index in [0.29, 0.717) is 0 Å². The Bertz CT molecular complexity index is 1240. The summed E-state index contributed by atoms with van der Waals surface area (Å²) in [6.45, 7) is 5.07. The summed E-state index contributed by atoms with van der Waals surface area (Å²) in [5, 5.41) is 0. The minimum absolute atomic E-state index is 0.190. The monoisotopic (exact) mass is 473 g/mol. The zero-order chi connectivity index (χ0) is 24.4. The molecule has 0 aliphatic carbocycles. The quantitative estimate of drug-likeness (QED) is 0.522. The number of pyridine rings is 1. The number of anilines is 2. The van der Waals surface area contributed by atoms with Crippen LogP contribution in [0.3, 0.4) is 0 Å². The molecule has 35 heavy (non-hydrogen) atoms. The molecule has 1 fully saturated rings. The van der Waals surface area contributed by atoms with E-state index < -0.39 is 0 Å². The van der Waals surface area contributed by atoms with Gasteiger partial charge in [-0.15, -0.1) is 0 Å². The predicted molar refractivity (Wildman–Crippen MR) is 135 cm³/mol. The first-order chi connectivity index (χ1) is 17.0. The molecule has 1 saturated heterocycles. The maximum Gasteiger partial charge on any atom is 0.307 e. The summed E-state index contributed by atoms with van der Waals surface area (Å²) in [7, 11) is 1.42. The highest BCUT2D eigenvalue weighted by atomic mass is 19.1. The third-order valence-corrected chi connectivity index (χ3v) is 6.56. The maximum atomic E-state index is 13.4. The van der Waals surface area contributed by atoms with Crippen LogP contribution < -0.4 is 9.80 Å². The molecule has 3 aromatic rings. The van der Waals surface area contributed by atoms with Gasteiger partial charge in [0.25, 0.3) is 0 Å². The van der Waals surface area contributed by atoms with E-state index in [1.54, 1.807) is 12.4 Å². The highest BCUT2D eigenvalue weighted by Gasteiger charge is 2.36. The first-order valence-corrected chi connectivity index (χ1v) is 11.7. The number of aromatic nitrogens is 1. The third-order valence-electron chi connectivity index (χ3n) is 6.56. The van der Waals surface area contributed by atoms with Crippen molar-refractivity contribution in [3.63, 3.8) is 0 Å². The number of methoxy groups -OCH3 is 1. The molecule has 2 aliphatic heterocycles. The lowest BCUT2D eigenvalue weighted by Gasteiger charge is -2.45. The lowest BCUT2D eigenvalue weighted by Crippen LogP contribution is -2.55. The predicted octanol–water partition coefficient (Wildman–Crippen LogP) is 4.46. The van der Waals surface area contributed by atoms with E-state index in [2.05, 4.69) is 38.7 Å². The fraction of sp³-hybridized carbons (Fsp3) is 0.296. The Kier molecular flexibility index (Phi) is 6.35. The number of ether oxygens (including phenoxy) is 1. The number of benzene rings is 2. The van der Waals surface area contributed by atoms with Crippen molar-refractivity contribution < 1.29 is 13.9 Å². The molecule has 3 heterocycles. The molecule has 0 bridgehead atoms. The molecule has 1 unspecified atom stereocenters. The fourth-order valence-electron chi connectivity index (χ4n) is 4.77. The Morgan fingerprint density at radius 2 is 1.77 bits per heavy atom. The molecule has 5 rings (SSSR count). The van der Waals surface area contributed by atoms with E-state index in [4.69, 9.17) is 9.73 Å². The van der Waals surface area contributed by atoms with E-state index >= 15 is 0 Å². The smallest absolute Gasteiger partial charge is 0.307 e. The summed E-state index contributed by atoms with van der Waals surface area (Å²) in [4.78, 5) is 28.5. The molecule has 2 aliphatic rings. The van der Waals surface area contributed by atoms with Crippen molar-refractivity contribution in [1.29, 1.82) is 0 Å². The normalized spacial score (nSPS) is 17.6. The van der Waals surface area contributed by atoms with Gasteiger partial charge in [0.15, 0.2) is 0 Å². The second-order valence-corrected chi connectivity index (χ2v) is 8.80. The third kappa shape index (κ3) is 4.69. The largest absolute Gasteiger partial charge is 0.469 e. The number of hydrogen-bond acceptors (Lipinski definition) is 7. The molecule has 0 N–H and O–H groups in total. The number of esters is 1. The van der Waals surface area contributed by atoms with Crippen molar-refractivity contribution in [2.45, 2.75) is 19.4 Å². The number of halogens is 1. The number of carbonyl (C=O) groups is 1. The number of aryl methyl sites for hydroxylation is 1. The molecule has 0 spiro atoms. The van der Waals surface area contributed by atoms with E-state index in [-0.39, 0.29) is 24.2 Å². The van der Waals surface area contributed by atoms with Gasteiger partial charge in [0.1, 0.15) is 5.82 Å². The molecule has 1 aromatic heterocycles. The van der Waals surface area contributed by atoms with Crippen LogP contribution in [0.1, 0.15) is 23.6 Å². The van der Waals surface area contributed by atoms with Crippen molar-refractivity contribution in [2.24, 2.45) is 4.99 Å². The second kappa shape index (κ2) is 9.74. The number of fused-ring (bicyclic) bond motifs is 1. The van der Waals surface area contributed by atoms with Gasteiger partial charge in [0.05, 0.1) is 31.5 Å². The van der Waals surface area contributed by atoms with E-state index in [9.17, 15) is 9.18 Å². The van der Waals surface area contributed by atoms with E-state index in [0.717, 1.165) is 60.3 Å². The van der Waals surface area contributed by atoms with Crippen molar-refractivity contribution in [3.8, 4) is 0 Å². The molecule has 0 amide bonds. The summed E-state index contributed by atoms with van der Waals surface area (Å²) < 4.78 is 18.4. The zero-order valence-electron chi connectivity index (χ0n) is 19.9. The first kappa shape index (κ1) is 22.8. The van der Waals surface area contributed by atoms with Crippen LogP contribution in [-0.2, 0) is 9.53 Å². The van der Waals surface area contributed by atoms with Gasteiger partial charge in [-0.3, -0.25) is 9.78 Å². The topological polar surface area (TPSA) is 61.3 Å². The van der Waals surface area contributed by atoms with Crippen LogP contribution in [0.25, 0.3) is 0 Å². The van der Waals surface area contributed by atoms with Crippen molar-refractivity contribution in [2.75, 3.05) is 43.1 Å². The first-order valence-electron chi connectivity index (χ1n) is 11.7. The molecule has 7 nitrogen and oxygen atoms in total. The van der Waals surface area contributed by atoms with Gasteiger partial charge in [-0.05, 0) is 55.0 Å². The molecule has 2 aromatic carbocycles. The van der Waals surface area contributed by atoms with Gasteiger partial charge >= 0.3 is 5.97 Å². The Balaban J connectivity index is 1.50. The van der Waals surface area contributed by atoms with Crippen LogP contribution in [0.5, 0.6) is 0 Å². The lowest BCUT2D eigenvalue weighted by atomic mass is 9.98. The average Bonchev–Trinajstić information content (AvgIpc) is 2.89. The van der Waals surface area contributed by atoms with Crippen LogP contribution in [0.4, 0.5) is 21.5 Å². The summed E-state index contributed by atoms with van der Waals surface area (Å²) in [5.41, 5.74) is 4.81. The van der Waals surface area contributed by atoms with E-state index in [1.165, 1.54) is 19.2 Å². The second-order valence-electron chi connectivity index (χ2n) is 8.80. The van der Waals surface area contributed by atoms with Crippen LogP contribution >= 0.6 is 0 Å². The number of rotatable bonds is 4. The van der Waals surface area contributed by atoms with Gasteiger partial charge in [0.2, 0.25) is 5.96 Å². The van der Waals surface area contributed by atoms with Gasteiger partial charge in [-0.1, -0.05) is 12.1 Å². The number of guanidine groups is 1. The summed E-state index contributed by atoms with van der Waals surface area (Å²) in [6.07, 6.45) is 3.68. The number of hydrogen-bond donors (Lipinski definition) is 0. The number of aliphatic imine (C=N–C) groups is 1. The number of carbonyl (C=O) groups excluding carboxylic acids is 1. The lowest BCUT2D eigenvalue weighted by molar-refractivity contribution is -0.141. The van der Waals surface area contributed by atoms with Crippen molar-refractivity contribution >= 4 is 29.0 Å². The molecule has 0 radical (unpaired) electrons. The SMILES string of the molecule is COC(=O)CC1c2ccncc2N=C(N2CCN(c3ccc(F)cc3)CC2)N1c1cccc(C)c1. The summed E-state index contributed by atoms with van der Waals surface area (Å²) in [5.74, 6) is 0.281. The molecule has 180 valence electrons. The van der Waals surface area contributed by atoms with Crippen LogP contribution in [0.2, 0.25) is 0 Å². The highest BCUT2D eigenvalue weighted by Crippen LogP contribution is 2.40. The Hall–Kier alpha value is -3.94. The molecule has 0 saturated carbocycles. The van der Waals surface area contributed by atoms with Crippen molar-refractivity contribution in [3.05, 3.63) is 83.9 Å².